The van der Waals surface area contributed by atoms with Crippen molar-refractivity contribution in [3.8, 4) is 0 Å². The molecule has 142 valence electrons. The topological polar surface area (TPSA) is 109 Å². The first-order chi connectivity index (χ1) is 12.1. The molecule has 1 aliphatic rings. The monoisotopic (exact) mass is 380 g/mol. The molecule has 0 unspecified atom stereocenters. The molecule has 9 nitrogen and oxygen atoms in total. The predicted molar refractivity (Wildman–Crippen MR) is 98.8 cm³/mol. The Balaban J connectivity index is 1.80. The number of carbonyl (C=O) groups excluding carboxylic acids is 1. The van der Waals surface area contributed by atoms with E-state index in [-0.39, 0.29) is 12.5 Å². The summed E-state index contributed by atoms with van der Waals surface area (Å²) in [5.41, 5.74) is 0.0818. The van der Waals surface area contributed by atoms with Gasteiger partial charge >= 0.3 is 0 Å². The van der Waals surface area contributed by atoms with Gasteiger partial charge in [0.1, 0.15) is 11.4 Å². The first kappa shape index (κ1) is 18.6. The van der Waals surface area contributed by atoms with E-state index < -0.39 is 15.6 Å². The number of rotatable bonds is 6. The summed E-state index contributed by atoms with van der Waals surface area (Å²) in [4.78, 5) is 19.5. The molecule has 0 aromatic carbocycles. The molecule has 2 aromatic rings. The Kier molecular flexibility index (Phi) is 4.89. The minimum Gasteiger partial charge on any atom is -0.357 e. The molecule has 1 fully saturated rings. The highest BCUT2D eigenvalue weighted by Gasteiger charge is 2.25. The Labute approximate surface area is 152 Å². The van der Waals surface area contributed by atoms with Crippen LogP contribution in [0.25, 0.3) is 5.65 Å². The smallest absolute Gasteiger partial charge is 0.257 e. The number of carbonyl (C=O) groups is 1. The predicted octanol–water partition coefficient (Wildman–Crippen LogP) is 0.387. The third-order valence-corrected chi connectivity index (χ3v) is 4.93. The SMILES string of the molecule is CC(C)(CNS(C)(=O)=O)NC(=O)c1cnn2ccc(N3CCCC3)nc12. The lowest BCUT2D eigenvalue weighted by atomic mass is 10.1. The third-order valence-electron chi connectivity index (χ3n) is 4.26. The van der Waals surface area contributed by atoms with E-state index >= 15 is 0 Å². The number of amides is 1. The van der Waals surface area contributed by atoms with Gasteiger partial charge in [-0.15, -0.1) is 0 Å². The molecule has 1 saturated heterocycles. The average molecular weight is 380 g/mol. The highest BCUT2D eigenvalue weighted by molar-refractivity contribution is 7.88. The first-order valence-corrected chi connectivity index (χ1v) is 10.4. The molecule has 3 heterocycles. The molecule has 0 bridgehead atoms. The first-order valence-electron chi connectivity index (χ1n) is 8.51. The van der Waals surface area contributed by atoms with E-state index in [1.807, 2.05) is 6.07 Å². The van der Waals surface area contributed by atoms with E-state index in [1.165, 1.54) is 6.20 Å². The van der Waals surface area contributed by atoms with Gasteiger partial charge in [-0.1, -0.05) is 0 Å². The standard InChI is InChI=1S/C16H24N6O3S/c1-16(2,11-18-26(3,24)25)20-15(23)12-10-17-22-9-6-13(19-14(12)22)21-7-4-5-8-21/h6,9-10,18H,4-5,7-8,11H2,1-3H3,(H,20,23). The molecule has 0 aliphatic carbocycles. The summed E-state index contributed by atoms with van der Waals surface area (Å²) in [5.74, 6) is 0.494. The van der Waals surface area contributed by atoms with Gasteiger partial charge in [-0.2, -0.15) is 5.10 Å². The Morgan fingerprint density at radius 3 is 2.65 bits per heavy atom. The fourth-order valence-corrected chi connectivity index (χ4v) is 3.50. The second-order valence-corrected chi connectivity index (χ2v) is 9.07. The summed E-state index contributed by atoms with van der Waals surface area (Å²) < 4.78 is 26.5. The van der Waals surface area contributed by atoms with E-state index in [0.717, 1.165) is 38.0 Å². The van der Waals surface area contributed by atoms with Gasteiger partial charge in [-0.05, 0) is 32.8 Å². The summed E-state index contributed by atoms with van der Waals surface area (Å²) >= 11 is 0. The Bertz CT molecular complexity index is 915. The maximum absolute atomic E-state index is 12.7. The molecular weight excluding hydrogens is 356 g/mol. The number of hydrogen-bond acceptors (Lipinski definition) is 6. The second kappa shape index (κ2) is 6.84. The number of nitrogens with one attached hydrogen (secondary N) is 2. The van der Waals surface area contributed by atoms with Gasteiger partial charge in [0.25, 0.3) is 5.91 Å². The van der Waals surface area contributed by atoms with Crippen LogP contribution in [0.3, 0.4) is 0 Å². The highest BCUT2D eigenvalue weighted by Crippen LogP contribution is 2.20. The van der Waals surface area contributed by atoms with E-state index in [0.29, 0.717) is 11.2 Å². The molecule has 26 heavy (non-hydrogen) atoms. The third kappa shape index (κ3) is 4.31. The molecule has 1 aliphatic heterocycles. The second-order valence-electron chi connectivity index (χ2n) is 7.24. The maximum Gasteiger partial charge on any atom is 0.257 e. The zero-order valence-corrected chi connectivity index (χ0v) is 16.0. The summed E-state index contributed by atoms with van der Waals surface area (Å²) in [6.07, 6.45) is 6.64. The van der Waals surface area contributed by atoms with Crippen molar-refractivity contribution in [3.05, 3.63) is 24.0 Å². The number of fused-ring (bicyclic) bond motifs is 1. The van der Waals surface area contributed by atoms with Gasteiger partial charge in [0.15, 0.2) is 5.65 Å². The highest BCUT2D eigenvalue weighted by atomic mass is 32.2. The van der Waals surface area contributed by atoms with Gasteiger partial charge in [0.05, 0.1) is 12.5 Å². The molecular formula is C16H24N6O3S. The fourth-order valence-electron chi connectivity index (χ4n) is 2.87. The lowest BCUT2D eigenvalue weighted by Gasteiger charge is -2.26. The van der Waals surface area contributed by atoms with Crippen LogP contribution in [-0.4, -0.2) is 60.4 Å². The summed E-state index contributed by atoms with van der Waals surface area (Å²) in [6, 6.07) is 1.90. The summed E-state index contributed by atoms with van der Waals surface area (Å²) in [6.45, 7) is 5.51. The van der Waals surface area contributed by atoms with Crippen molar-refractivity contribution < 1.29 is 13.2 Å². The lowest BCUT2D eigenvalue weighted by molar-refractivity contribution is 0.0915. The number of nitrogens with zero attached hydrogens (tertiary/aromatic N) is 4. The van der Waals surface area contributed by atoms with Crippen molar-refractivity contribution in [2.75, 3.05) is 30.8 Å². The molecule has 0 atom stereocenters. The van der Waals surface area contributed by atoms with Crippen molar-refractivity contribution in [1.29, 1.82) is 0 Å². The Morgan fingerprint density at radius 2 is 2.00 bits per heavy atom. The van der Waals surface area contributed by atoms with Crippen LogP contribution in [0.1, 0.15) is 37.0 Å². The number of hydrogen-bond donors (Lipinski definition) is 2. The van der Waals surface area contributed by atoms with E-state index in [2.05, 4.69) is 25.0 Å². The van der Waals surface area contributed by atoms with Crippen molar-refractivity contribution >= 4 is 27.4 Å². The molecule has 0 saturated carbocycles. The minimum absolute atomic E-state index is 0.0865. The number of sulfonamides is 1. The van der Waals surface area contributed by atoms with Crippen LogP contribution in [0.15, 0.2) is 18.5 Å². The lowest BCUT2D eigenvalue weighted by Crippen LogP contribution is -2.51. The van der Waals surface area contributed by atoms with Crippen molar-refractivity contribution in [1.82, 2.24) is 24.6 Å². The molecule has 2 aromatic heterocycles. The van der Waals surface area contributed by atoms with Crippen LogP contribution in [0.5, 0.6) is 0 Å². The molecule has 3 rings (SSSR count). The van der Waals surface area contributed by atoms with Crippen molar-refractivity contribution in [2.24, 2.45) is 0 Å². The quantitative estimate of drug-likeness (QED) is 0.750. The van der Waals surface area contributed by atoms with Crippen molar-refractivity contribution in [3.63, 3.8) is 0 Å². The maximum atomic E-state index is 12.7. The van der Waals surface area contributed by atoms with Gasteiger partial charge in [0, 0.05) is 31.4 Å². The van der Waals surface area contributed by atoms with Crippen LogP contribution >= 0.6 is 0 Å². The Morgan fingerprint density at radius 1 is 1.31 bits per heavy atom. The molecule has 0 radical (unpaired) electrons. The minimum atomic E-state index is -3.33. The van der Waals surface area contributed by atoms with Crippen LogP contribution in [0.2, 0.25) is 0 Å². The van der Waals surface area contributed by atoms with Crippen molar-refractivity contribution in [2.45, 2.75) is 32.2 Å². The zero-order valence-electron chi connectivity index (χ0n) is 15.2. The largest absolute Gasteiger partial charge is 0.357 e. The summed E-state index contributed by atoms with van der Waals surface area (Å²) in [7, 11) is -3.33. The molecule has 0 spiro atoms. The fraction of sp³-hybridized carbons (Fsp3) is 0.562. The Hall–Kier alpha value is -2.20. The van der Waals surface area contributed by atoms with Gasteiger partial charge in [-0.25, -0.2) is 22.6 Å². The zero-order chi connectivity index (χ0) is 18.9. The molecule has 10 heteroatoms. The van der Waals surface area contributed by atoms with E-state index in [4.69, 9.17) is 0 Å². The van der Waals surface area contributed by atoms with Crippen LogP contribution in [0, 0.1) is 0 Å². The van der Waals surface area contributed by atoms with Crippen LogP contribution in [0.4, 0.5) is 5.82 Å². The summed E-state index contributed by atoms with van der Waals surface area (Å²) in [5, 5.41) is 7.03. The van der Waals surface area contributed by atoms with E-state index in [1.54, 1.807) is 24.6 Å². The number of anilines is 1. The average Bonchev–Trinajstić information content (AvgIpc) is 3.21. The number of aromatic nitrogens is 3. The van der Waals surface area contributed by atoms with Gasteiger partial charge in [-0.3, -0.25) is 4.79 Å². The van der Waals surface area contributed by atoms with Crippen LogP contribution in [-0.2, 0) is 10.0 Å². The van der Waals surface area contributed by atoms with Crippen LogP contribution < -0.4 is 14.9 Å². The normalized spacial score (nSPS) is 15.6. The molecule has 1 amide bonds. The van der Waals surface area contributed by atoms with E-state index in [9.17, 15) is 13.2 Å². The van der Waals surface area contributed by atoms with Gasteiger partial charge < -0.3 is 10.2 Å². The van der Waals surface area contributed by atoms with Gasteiger partial charge in [0.2, 0.25) is 10.0 Å². The molecule has 2 N–H and O–H groups in total.